The second-order valence-electron chi connectivity index (χ2n) is 3.74. The highest BCUT2D eigenvalue weighted by Gasteiger charge is 2.09. The van der Waals surface area contributed by atoms with Crippen molar-refractivity contribution in [1.29, 1.82) is 5.26 Å². The molecule has 0 unspecified atom stereocenters. The highest BCUT2D eigenvalue weighted by atomic mass is 16.5. The fourth-order valence-corrected chi connectivity index (χ4v) is 1.72. The second kappa shape index (κ2) is 5.19. The SMILES string of the molecule is COc1cc(N(C)c2ccccc2C#N)ccn1. The second-order valence-corrected chi connectivity index (χ2v) is 3.74. The van der Waals surface area contributed by atoms with Crippen LogP contribution in [-0.2, 0) is 0 Å². The summed E-state index contributed by atoms with van der Waals surface area (Å²) in [6.45, 7) is 0. The van der Waals surface area contributed by atoms with Gasteiger partial charge in [0, 0.05) is 25.0 Å². The van der Waals surface area contributed by atoms with Gasteiger partial charge in [-0.1, -0.05) is 12.1 Å². The summed E-state index contributed by atoms with van der Waals surface area (Å²) in [5.41, 5.74) is 2.41. The zero-order valence-electron chi connectivity index (χ0n) is 10.3. The summed E-state index contributed by atoms with van der Waals surface area (Å²) in [5, 5.41) is 9.10. The summed E-state index contributed by atoms with van der Waals surface area (Å²) in [5.74, 6) is 0.550. The van der Waals surface area contributed by atoms with E-state index in [0.29, 0.717) is 11.4 Å². The lowest BCUT2D eigenvalue weighted by Gasteiger charge is -2.20. The van der Waals surface area contributed by atoms with Gasteiger partial charge in [-0.25, -0.2) is 4.98 Å². The monoisotopic (exact) mass is 239 g/mol. The van der Waals surface area contributed by atoms with E-state index in [1.54, 1.807) is 19.4 Å². The van der Waals surface area contributed by atoms with Crippen LogP contribution in [0.4, 0.5) is 11.4 Å². The molecule has 0 aliphatic carbocycles. The van der Waals surface area contributed by atoms with E-state index in [0.717, 1.165) is 11.4 Å². The number of methoxy groups -OCH3 is 1. The van der Waals surface area contributed by atoms with Crippen LogP contribution in [0.15, 0.2) is 42.6 Å². The van der Waals surface area contributed by atoms with Crippen molar-refractivity contribution in [3.8, 4) is 11.9 Å². The molecule has 0 saturated heterocycles. The normalized spacial score (nSPS) is 9.61. The van der Waals surface area contributed by atoms with Gasteiger partial charge >= 0.3 is 0 Å². The van der Waals surface area contributed by atoms with E-state index in [4.69, 9.17) is 10.00 Å². The van der Waals surface area contributed by atoms with Crippen molar-refractivity contribution in [3.05, 3.63) is 48.2 Å². The van der Waals surface area contributed by atoms with E-state index in [1.165, 1.54) is 0 Å². The first-order valence-corrected chi connectivity index (χ1v) is 5.49. The topological polar surface area (TPSA) is 49.1 Å². The molecule has 0 aliphatic rings. The lowest BCUT2D eigenvalue weighted by atomic mass is 10.1. The number of hydrogen-bond donors (Lipinski definition) is 0. The van der Waals surface area contributed by atoms with E-state index < -0.39 is 0 Å². The van der Waals surface area contributed by atoms with E-state index in [1.807, 2.05) is 42.3 Å². The van der Waals surface area contributed by atoms with Crippen LogP contribution in [0.25, 0.3) is 0 Å². The molecule has 0 bridgehead atoms. The Balaban J connectivity index is 2.41. The third-order valence-corrected chi connectivity index (χ3v) is 2.70. The Morgan fingerprint density at radius 3 is 2.78 bits per heavy atom. The molecule has 1 heterocycles. The van der Waals surface area contributed by atoms with Crippen LogP contribution in [0.2, 0.25) is 0 Å². The quantitative estimate of drug-likeness (QED) is 0.826. The van der Waals surface area contributed by atoms with Crippen molar-refractivity contribution in [2.75, 3.05) is 19.1 Å². The van der Waals surface area contributed by atoms with Gasteiger partial charge in [0.1, 0.15) is 6.07 Å². The largest absolute Gasteiger partial charge is 0.481 e. The minimum atomic E-state index is 0.550. The number of benzene rings is 1. The minimum Gasteiger partial charge on any atom is -0.481 e. The van der Waals surface area contributed by atoms with Crippen LogP contribution in [0.5, 0.6) is 5.88 Å². The first kappa shape index (κ1) is 11.9. The maximum atomic E-state index is 9.10. The maximum Gasteiger partial charge on any atom is 0.214 e. The number of anilines is 2. The molecule has 0 spiro atoms. The van der Waals surface area contributed by atoms with Crippen molar-refractivity contribution >= 4 is 11.4 Å². The molecule has 18 heavy (non-hydrogen) atoms. The number of para-hydroxylation sites is 1. The number of nitrogens with zero attached hydrogens (tertiary/aromatic N) is 3. The summed E-state index contributed by atoms with van der Waals surface area (Å²) in [4.78, 5) is 6.00. The Morgan fingerprint density at radius 2 is 2.06 bits per heavy atom. The van der Waals surface area contributed by atoms with Gasteiger partial charge in [0.15, 0.2) is 0 Å². The summed E-state index contributed by atoms with van der Waals surface area (Å²) in [6.07, 6.45) is 1.68. The molecule has 1 aromatic heterocycles. The maximum absolute atomic E-state index is 9.10. The molecule has 0 atom stereocenters. The van der Waals surface area contributed by atoms with Crippen molar-refractivity contribution in [3.63, 3.8) is 0 Å². The van der Waals surface area contributed by atoms with E-state index >= 15 is 0 Å². The molecular weight excluding hydrogens is 226 g/mol. The predicted molar refractivity (Wildman–Crippen MR) is 70.0 cm³/mol. The Kier molecular flexibility index (Phi) is 3.44. The third kappa shape index (κ3) is 2.25. The standard InChI is InChI=1S/C14H13N3O/c1-17(12-7-8-16-14(9-12)18-2)13-6-4-3-5-11(13)10-15/h3-9H,1-2H3. The molecule has 2 aromatic rings. The van der Waals surface area contributed by atoms with Crippen LogP contribution in [0.1, 0.15) is 5.56 Å². The van der Waals surface area contributed by atoms with Crippen LogP contribution < -0.4 is 9.64 Å². The smallest absolute Gasteiger partial charge is 0.214 e. The van der Waals surface area contributed by atoms with Gasteiger partial charge in [0.25, 0.3) is 0 Å². The van der Waals surface area contributed by atoms with Crippen molar-refractivity contribution in [2.24, 2.45) is 0 Å². The predicted octanol–water partition coefficient (Wildman–Crippen LogP) is 2.73. The third-order valence-electron chi connectivity index (χ3n) is 2.70. The number of aromatic nitrogens is 1. The van der Waals surface area contributed by atoms with Crippen molar-refractivity contribution in [2.45, 2.75) is 0 Å². The molecule has 0 aliphatic heterocycles. The number of rotatable bonds is 3. The van der Waals surface area contributed by atoms with E-state index in [-0.39, 0.29) is 0 Å². The first-order chi connectivity index (χ1) is 8.76. The number of nitriles is 1. The van der Waals surface area contributed by atoms with Gasteiger partial charge in [0.05, 0.1) is 18.4 Å². The lowest BCUT2D eigenvalue weighted by Crippen LogP contribution is -2.11. The van der Waals surface area contributed by atoms with Gasteiger partial charge in [-0.15, -0.1) is 0 Å². The molecule has 0 amide bonds. The fraction of sp³-hybridized carbons (Fsp3) is 0.143. The number of ether oxygens (including phenoxy) is 1. The van der Waals surface area contributed by atoms with Gasteiger partial charge in [-0.3, -0.25) is 0 Å². The van der Waals surface area contributed by atoms with Crippen LogP contribution in [0, 0.1) is 11.3 Å². The van der Waals surface area contributed by atoms with Gasteiger partial charge in [-0.05, 0) is 18.2 Å². The van der Waals surface area contributed by atoms with Crippen LogP contribution >= 0.6 is 0 Å². The molecule has 0 fully saturated rings. The molecule has 0 radical (unpaired) electrons. The van der Waals surface area contributed by atoms with E-state index in [2.05, 4.69) is 11.1 Å². The summed E-state index contributed by atoms with van der Waals surface area (Å²) in [7, 11) is 3.49. The summed E-state index contributed by atoms with van der Waals surface area (Å²) < 4.78 is 5.09. The van der Waals surface area contributed by atoms with Crippen molar-refractivity contribution < 1.29 is 4.74 Å². The first-order valence-electron chi connectivity index (χ1n) is 5.49. The number of hydrogen-bond acceptors (Lipinski definition) is 4. The Hall–Kier alpha value is -2.54. The van der Waals surface area contributed by atoms with Gasteiger partial charge < -0.3 is 9.64 Å². The molecule has 2 rings (SSSR count). The highest BCUT2D eigenvalue weighted by Crippen LogP contribution is 2.27. The van der Waals surface area contributed by atoms with Gasteiger partial charge in [-0.2, -0.15) is 5.26 Å². The lowest BCUT2D eigenvalue weighted by molar-refractivity contribution is 0.398. The average molecular weight is 239 g/mol. The zero-order chi connectivity index (χ0) is 13.0. The molecule has 4 heteroatoms. The van der Waals surface area contributed by atoms with Crippen molar-refractivity contribution in [1.82, 2.24) is 4.98 Å². The fourth-order valence-electron chi connectivity index (χ4n) is 1.72. The average Bonchev–Trinajstić information content (AvgIpc) is 2.46. The van der Waals surface area contributed by atoms with Gasteiger partial charge in [0.2, 0.25) is 5.88 Å². The molecule has 0 saturated carbocycles. The van der Waals surface area contributed by atoms with Crippen LogP contribution in [-0.4, -0.2) is 19.1 Å². The number of pyridine rings is 1. The van der Waals surface area contributed by atoms with E-state index in [9.17, 15) is 0 Å². The minimum absolute atomic E-state index is 0.550. The molecule has 90 valence electrons. The Labute approximate surface area is 106 Å². The Morgan fingerprint density at radius 1 is 1.28 bits per heavy atom. The Bertz CT molecular complexity index is 590. The summed E-state index contributed by atoms with van der Waals surface area (Å²) >= 11 is 0. The molecular formula is C14H13N3O. The molecule has 0 N–H and O–H groups in total. The molecule has 4 nitrogen and oxygen atoms in total. The zero-order valence-corrected chi connectivity index (χ0v) is 10.3. The summed E-state index contributed by atoms with van der Waals surface area (Å²) in [6, 6.07) is 13.3. The molecule has 1 aromatic carbocycles. The van der Waals surface area contributed by atoms with Crippen LogP contribution in [0.3, 0.4) is 0 Å². The highest BCUT2D eigenvalue weighted by molar-refractivity contribution is 5.68.